The third-order valence-corrected chi connectivity index (χ3v) is 2.70. The van der Waals surface area contributed by atoms with Gasteiger partial charge in [-0.15, -0.1) is 0 Å². The number of ether oxygens (including phenoxy) is 1. The highest BCUT2D eigenvalue weighted by Gasteiger charge is 2.36. The first kappa shape index (κ1) is 16.3. The molecule has 0 spiro atoms. The van der Waals surface area contributed by atoms with Crippen LogP contribution in [0.15, 0.2) is 18.2 Å². The monoisotopic (exact) mass is 292 g/mol. The number of hydrogen-bond acceptors (Lipinski definition) is 3. The Morgan fingerprint density at radius 2 is 1.90 bits per heavy atom. The molecule has 0 bridgehead atoms. The normalized spacial score (nSPS) is 12.3. The summed E-state index contributed by atoms with van der Waals surface area (Å²) in [5.74, 6) is -1.62. The molecule has 0 saturated heterocycles. The molecule has 0 radical (unpaired) electrons. The first-order chi connectivity index (χ1) is 9.08. The largest absolute Gasteiger partial charge is 0.492 e. The van der Waals surface area contributed by atoms with E-state index < -0.39 is 42.1 Å². The van der Waals surface area contributed by atoms with E-state index in [2.05, 4.69) is 0 Å². The minimum Gasteiger partial charge on any atom is -0.492 e. The molecule has 0 fully saturated rings. The van der Waals surface area contributed by atoms with Gasteiger partial charge in [-0.1, -0.05) is 6.07 Å². The second-order valence-corrected chi connectivity index (χ2v) is 4.96. The van der Waals surface area contributed by atoms with Gasteiger partial charge in [-0.05, 0) is 31.5 Å². The summed E-state index contributed by atoms with van der Waals surface area (Å²) < 4.78 is 43.6. The van der Waals surface area contributed by atoms with Crippen LogP contribution in [-0.2, 0) is 17.6 Å². The van der Waals surface area contributed by atoms with Crippen LogP contribution >= 0.6 is 0 Å². The van der Waals surface area contributed by atoms with Crippen molar-refractivity contribution >= 4 is 5.97 Å². The van der Waals surface area contributed by atoms with Gasteiger partial charge < -0.3 is 14.9 Å². The lowest BCUT2D eigenvalue weighted by Crippen LogP contribution is -2.31. The molecule has 0 unspecified atom stereocenters. The Balaban J connectivity index is 3.04. The van der Waals surface area contributed by atoms with Crippen molar-refractivity contribution in [3.05, 3.63) is 29.3 Å². The highest BCUT2D eigenvalue weighted by molar-refractivity contribution is 5.73. The van der Waals surface area contributed by atoms with E-state index in [-0.39, 0.29) is 5.56 Å². The summed E-state index contributed by atoms with van der Waals surface area (Å²) in [6.45, 7) is 1.78. The number of carbonyl (C=O) groups is 1. The number of carboxylic acid groups (broad SMARTS) is 1. The van der Waals surface area contributed by atoms with Gasteiger partial charge in [0.1, 0.15) is 12.4 Å². The summed E-state index contributed by atoms with van der Waals surface area (Å²) >= 11 is 0. The van der Waals surface area contributed by atoms with Gasteiger partial charge in [-0.3, -0.25) is 4.79 Å². The summed E-state index contributed by atoms with van der Waals surface area (Å²) in [6, 6.07) is 3.15. The van der Waals surface area contributed by atoms with E-state index in [1.165, 1.54) is 19.9 Å². The minimum absolute atomic E-state index is 0.0992. The number of rotatable bonds is 5. The maximum Gasteiger partial charge on any atom is 0.419 e. The molecule has 112 valence electrons. The smallest absolute Gasteiger partial charge is 0.419 e. The van der Waals surface area contributed by atoms with Crippen molar-refractivity contribution in [1.82, 2.24) is 0 Å². The van der Waals surface area contributed by atoms with Crippen molar-refractivity contribution in [1.29, 1.82) is 0 Å². The van der Waals surface area contributed by atoms with Gasteiger partial charge in [0, 0.05) is 0 Å². The van der Waals surface area contributed by atoms with E-state index in [0.717, 1.165) is 12.1 Å². The lowest BCUT2D eigenvalue weighted by molar-refractivity contribution is -0.148. The third kappa shape index (κ3) is 3.86. The molecule has 4 nitrogen and oxygen atoms in total. The lowest BCUT2D eigenvalue weighted by Gasteiger charge is -2.21. The zero-order chi connectivity index (χ0) is 15.6. The molecule has 7 heteroatoms. The average Bonchev–Trinajstić information content (AvgIpc) is 2.35. The number of benzene rings is 1. The number of halogens is 3. The molecule has 0 aliphatic rings. The van der Waals surface area contributed by atoms with Crippen LogP contribution < -0.4 is 4.74 Å². The highest BCUT2D eigenvalue weighted by atomic mass is 19.4. The van der Waals surface area contributed by atoms with Crippen molar-refractivity contribution in [2.24, 2.45) is 5.41 Å². The van der Waals surface area contributed by atoms with Crippen LogP contribution in [0.2, 0.25) is 0 Å². The second kappa shape index (κ2) is 5.70. The van der Waals surface area contributed by atoms with E-state index in [0.29, 0.717) is 0 Å². The Bertz CT molecular complexity index is 495. The van der Waals surface area contributed by atoms with E-state index in [4.69, 9.17) is 14.9 Å². The molecule has 1 aromatic carbocycles. The van der Waals surface area contributed by atoms with E-state index >= 15 is 0 Å². The number of alkyl halides is 3. The zero-order valence-corrected chi connectivity index (χ0v) is 11.0. The molecule has 0 heterocycles. The summed E-state index contributed by atoms with van der Waals surface area (Å²) in [7, 11) is 0. The summed E-state index contributed by atoms with van der Waals surface area (Å²) in [4.78, 5) is 10.9. The number of carboxylic acids is 1. The van der Waals surface area contributed by atoms with Gasteiger partial charge in [0.25, 0.3) is 0 Å². The van der Waals surface area contributed by atoms with Gasteiger partial charge >= 0.3 is 12.1 Å². The van der Waals surface area contributed by atoms with Gasteiger partial charge in [0.05, 0.1) is 17.6 Å². The number of aliphatic hydroxyl groups excluding tert-OH is 1. The quantitative estimate of drug-likeness (QED) is 0.875. The van der Waals surface area contributed by atoms with Crippen molar-refractivity contribution in [2.75, 3.05) is 6.61 Å². The van der Waals surface area contributed by atoms with Crippen LogP contribution in [0.5, 0.6) is 5.75 Å². The van der Waals surface area contributed by atoms with Crippen LogP contribution in [-0.4, -0.2) is 22.8 Å². The Kier molecular flexibility index (Phi) is 4.65. The number of aliphatic hydroxyl groups is 1. The maximum atomic E-state index is 12.9. The van der Waals surface area contributed by atoms with Crippen LogP contribution in [0.25, 0.3) is 0 Å². The predicted octanol–water partition coefficient (Wildman–Crippen LogP) is 2.69. The molecule has 0 aromatic heterocycles. The summed E-state index contributed by atoms with van der Waals surface area (Å²) in [6.07, 6.45) is -4.64. The van der Waals surface area contributed by atoms with Crippen molar-refractivity contribution in [3.63, 3.8) is 0 Å². The van der Waals surface area contributed by atoms with Crippen molar-refractivity contribution in [2.45, 2.75) is 26.6 Å². The Hall–Kier alpha value is -1.76. The highest BCUT2D eigenvalue weighted by Crippen LogP contribution is 2.37. The van der Waals surface area contributed by atoms with Gasteiger partial charge in [-0.2, -0.15) is 13.2 Å². The molecule has 20 heavy (non-hydrogen) atoms. The molecule has 1 aromatic rings. The van der Waals surface area contributed by atoms with Crippen LogP contribution in [0.3, 0.4) is 0 Å². The molecular formula is C13H15F3O4. The van der Waals surface area contributed by atoms with E-state index in [9.17, 15) is 18.0 Å². The summed E-state index contributed by atoms with van der Waals surface area (Å²) in [5.41, 5.74) is -2.24. The van der Waals surface area contributed by atoms with Crippen molar-refractivity contribution in [3.8, 4) is 5.75 Å². The SMILES string of the molecule is CC(C)(COc1ccc(CO)cc1C(F)(F)F)C(=O)O. The van der Waals surface area contributed by atoms with Crippen LogP contribution in [0.4, 0.5) is 13.2 Å². The fourth-order valence-corrected chi connectivity index (χ4v) is 1.34. The molecule has 0 aliphatic carbocycles. The van der Waals surface area contributed by atoms with Gasteiger partial charge in [-0.25, -0.2) is 0 Å². The molecule has 0 aliphatic heterocycles. The number of hydrogen-bond donors (Lipinski definition) is 2. The van der Waals surface area contributed by atoms with E-state index in [1.54, 1.807) is 0 Å². The average molecular weight is 292 g/mol. The molecule has 0 saturated carbocycles. The molecule has 0 atom stereocenters. The first-order valence-corrected chi connectivity index (χ1v) is 5.75. The Labute approximate surface area is 113 Å². The van der Waals surface area contributed by atoms with Gasteiger partial charge in [0.15, 0.2) is 0 Å². The Morgan fingerprint density at radius 3 is 2.35 bits per heavy atom. The van der Waals surface area contributed by atoms with Crippen LogP contribution in [0.1, 0.15) is 25.0 Å². The number of aliphatic carboxylic acids is 1. The second-order valence-electron chi connectivity index (χ2n) is 4.96. The topological polar surface area (TPSA) is 66.8 Å². The predicted molar refractivity (Wildman–Crippen MR) is 64.3 cm³/mol. The first-order valence-electron chi connectivity index (χ1n) is 5.75. The van der Waals surface area contributed by atoms with E-state index in [1.807, 2.05) is 0 Å². The zero-order valence-electron chi connectivity index (χ0n) is 11.0. The summed E-state index contributed by atoms with van der Waals surface area (Å²) in [5, 5.41) is 17.8. The van der Waals surface area contributed by atoms with Crippen molar-refractivity contribution < 1.29 is 32.9 Å². The molecule has 0 amide bonds. The standard InChI is InChI=1S/C13H15F3O4/c1-12(2,11(18)19)7-20-10-4-3-8(6-17)5-9(10)13(14,15)16/h3-5,17H,6-7H2,1-2H3,(H,18,19). The Morgan fingerprint density at radius 1 is 1.30 bits per heavy atom. The molecule has 2 N–H and O–H groups in total. The lowest BCUT2D eigenvalue weighted by atomic mass is 9.95. The van der Waals surface area contributed by atoms with Crippen LogP contribution in [0, 0.1) is 5.41 Å². The third-order valence-electron chi connectivity index (χ3n) is 2.70. The fourth-order valence-electron chi connectivity index (χ4n) is 1.34. The molecule has 1 rings (SSSR count). The molecular weight excluding hydrogens is 277 g/mol. The fraction of sp³-hybridized carbons (Fsp3) is 0.462. The minimum atomic E-state index is -4.64. The van der Waals surface area contributed by atoms with Gasteiger partial charge in [0.2, 0.25) is 0 Å². The maximum absolute atomic E-state index is 12.9.